The highest BCUT2D eigenvalue weighted by Crippen LogP contribution is 2.54. The van der Waals surface area contributed by atoms with Gasteiger partial charge in [0.2, 0.25) is 0 Å². The first-order valence-electron chi connectivity index (χ1n) is 15.6. The van der Waals surface area contributed by atoms with Crippen LogP contribution >= 0.6 is 11.3 Å². The van der Waals surface area contributed by atoms with Crippen molar-refractivity contribution in [2.75, 3.05) is 4.90 Å². The highest BCUT2D eigenvalue weighted by Gasteiger charge is 2.30. The van der Waals surface area contributed by atoms with Gasteiger partial charge in [0.25, 0.3) is 0 Å². The lowest BCUT2D eigenvalue weighted by Crippen LogP contribution is -2.20. The van der Waals surface area contributed by atoms with Crippen LogP contribution in [0.3, 0.4) is 0 Å². The Bertz CT molecular complexity index is 2260. The molecule has 0 atom stereocenters. The lowest BCUT2D eigenvalue weighted by Gasteiger charge is -2.36. The second kappa shape index (κ2) is 10.7. The van der Waals surface area contributed by atoms with Crippen molar-refractivity contribution in [3.05, 3.63) is 119 Å². The van der Waals surface area contributed by atoms with E-state index >= 15 is 0 Å². The van der Waals surface area contributed by atoms with E-state index in [9.17, 15) is 10.5 Å². The largest absolute Gasteiger partial charge is 0.309 e. The predicted octanol–water partition coefficient (Wildman–Crippen LogP) is 12.2. The van der Waals surface area contributed by atoms with Gasteiger partial charge < -0.3 is 4.90 Å². The molecule has 0 amide bonds. The molecular formula is C42H35N3S. The SMILES string of the molecule is CC(C)(C)c1cc(N2c3cc4ccccc4cc3-c3cccc4c(-c5ccc(C=C(C#N)C#N)s5)ccc2c34)cc(C(C)(C)C)c1. The predicted molar refractivity (Wildman–Crippen MR) is 195 cm³/mol. The summed E-state index contributed by atoms with van der Waals surface area (Å²) in [5, 5.41) is 23.4. The number of nitriles is 2. The molecule has 1 aromatic heterocycles. The van der Waals surface area contributed by atoms with Gasteiger partial charge >= 0.3 is 0 Å². The maximum absolute atomic E-state index is 9.29. The number of anilines is 3. The monoisotopic (exact) mass is 613 g/mol. The molecule has 4 heteroatoms. The number of hydrogen-bond acceptors (Lipinski definition) is 4. The highest BCUT2D eigenvalue weighted by atomic mass is 32.1. The van der Waals surface area contributed by atoms with Crippen LogP contribution in [0.1, 0.15) is 57.5 Å². The molecule has 7 rings (SSSR count). The summed E-state index contributed by atoms with van der Waals surface area (Å²) < 4.78 is 0. The summed E-state index contributed by atoms with van der Waals surface area (Å²) in [5.41, 5.74) is 9.81. The van der Waals surface area contributed by atoms with Gasteiger partial charge in [-0.2, -0.15) is 10.5 Å². The molecule has 0 spiro atoms. The maximum atomic E-state index is 9.29. The topological polar surface area (TPSA) is 50.8 Å². The second-order valence-electron chi connectivity index (χ2n) is 14.2. The molecule has 5 aromatic carbocycles. The van der Waals surface area contributed by atoms with Crippen molar-refractivity contribution >= 4 is 56.0 Å². The van der Waals surface area contributed by atoms with E-state index in [2.05, 4.69) is 137 Å². The minimum atomic E-state index is -0.0165. The van der Waals surface area contributed by atoms with Crippen molar-refractivity contribution in [1.29, 1.82) is 10.5 Å². The van der Waals surface area contributed by atoms with Crippen LogP contribution in [0.15, 0.2) is 103 Å². The minimum absolute atomic E-state index is 0.0165. The molecule has 0 bridgehead atoms. The number of benzene rings is 5. The van der Waals surface area contributed by atoms with Crippen LogP contribution in [0.4, 0.5) is 17.1 Å². The Hall–Kier alpha value is -5.16. The van der Waals surface area contributed by atoms with Crippen molar-refractivity contribution in [1.82, 2.24) is 0 Å². The van der Waals surface area contributed by atoms with E-state index in [1.54, 1.807) is 17.4 Å². The Balaban J connectivity index is 1.54. The first kappa shape index (κ1) is 29.5. The summed E-state index contributed by atoms with van der Waals surface area (Å²) in [4.78, 5) is 4.46. The van der Waals surface area contributed by atoms with Crippen molar-refractivity contribution in [2.24, 2.45) is 0 Å². The summed E-state index contributed by atoms with van der Waals surface area (Å²) in [6, 6.07) is 39.6. The average Bonchev–Trinajstić information content (AvgIpc) is 3.50. The van der Waals surface area contributed by atoms with E-state index in [-0.39, 0.29) is 16.4 Å². The molecule has 0 unspecified atom stereocenters. The van der Waals surface area contributed by atoms with Crippen molar-refractivity contribution in [2.45, 2.75) is 52.4 Å². The van der Waals surface area contributed by atoms with Gasteiger partial charge in [-0.05, 0) is 97.8 Å². The maximum Gasteiger partial charge on any atom is 0.131 e. The Morgan fingerprint density at radius 1 is 0.652 bits per heavy atom. The van der Waals surface area contributed by atoms with Crippen LogP contribution < -0.4 is 4.90 Å². The summed E-state index contributed by atoms with van der Waals surface area (Å²) in [5.74, 6) is 0. The number of fused-ring (bicyclic) bond motifs is 3. The summed E-state index contributed by atoms with van der Waals surface area (Å²) in [7, 11) is 0. The Morgan fingerprint density at radius 3 is 1.98 bits per heavy atom. The quantitative estimate of drug-likeness (QED) is 0.186. The fourth-order valence-corrected chi connectivity index (χ4v) is 7.45. The van der Waals surface area contributed by atoms with Gasteiger partial charge in [-0.1, -0.05) is 96.1 Å². The molecular weight excluding hydrogens is 579 g/mol. The van der Waals surface area contributed by atoms with Gasteiger partial charge in [0, 0.05) is 26.4 Å². The molecule has 0 N–H and O–H groups in total. The van der Waals surface area contributed by atoms with E-state index in [4.69, 9.17) is 0 Å². The normalized spacial score (nSPS) is 12.5. The van der Waals surface area contributed by atoms with Gasteiger partial charge in [-0.15, -0.1) is 11.3 Å². The fourth-order valence-electron chi connectivity index (χ4n) is 6.46. The highest BCUT2D eigenvalue weighted by molar-refractivity contribution is 7.16. The van der Waals surface area contributed by atoms with E-state index in [0.717, 1.165) is 21.0 Å². The Labute approximate surface area is 275 Å². The van der Waals surface area contributed by atoms with Gasteiger partial charge in [-0.25, -0.2) is 0 Å². The zero-order chi connectivity index (χ0) is 32.4. The average molecular weight is 614 g/mol. The van der Waals surface area contributed by atoms with Crippen LogP contribution in [-0.2, 0) is 10.8 Å². The zero-order valence-electron chi connectivity index (χ0n) is 27.1. The molecule has 0 aliphatic carbocycles. The third-order valence-electron chi connectivity index (χ3n) is 8.98. The van der Waals surface area contributed by atoms with Crippen LogP contribution in [0.5, 0.6) is 0 Å². The van der Waals surface area contributed by atoms with E-state index in [0.29, 0.717) is 0 Å². The molecule has 6 aromatic rings. The minimum Gasteiger partial charge on any atom is -0.309 e. The van der Waals surface area contributed by atoms with Crippen molar-refractivity contribution in [3.63, 3.8) is 0 Å². The molecule has 0 saturated heterocycles. The molecule has 46 heavy (non-hydrogen) atoms. The standard InChI is InChI=1S/C42H35N3S/c1-41(2,3)29-21-30(42(4,5)6)23-31(22-29)45-37-16-15-33(39-17-14-32(46-39)18-26(24-43)25-44)34-12-9-13-35(40(34)37)36-19-27-10-7-8-11-28(27)20-38(36)45/h7-23H,1-6H3. The van der Waals surface area contributed by atoms with Gasteiger partial charge in [0.1, 0.15) is 17.7 Å². The first-order chi connectivity index (χ1) is 22.0. The van der Waals surface area contributed by atoms with E-state index in [1.165, 1.54) is 55.2 Å². The first-order valence-corrected chi connectivity index (χ1v) is 16.4. The van der Waals surface area contributed by atoms with Crippen LogP contribution in [0.25, 0.3) is 49.2 Å². The molecule has 3 nitrogen and oxygen atoms in total. The Morgan fingerprint density at radius 2 is 1.33 bits per heavy atom. The van der Waals surface area contributed by atoms with Crippen LogP contribution in [0, 0.1) is 22.7 Å². The molecule has 1 aliphatic heterocycles. The van der Waals surface area contributed by atoms with Crippen molar-refractivity contribution < 1.29 is 0 Å². The van der Waals surface area contributed by atoms with Gasteiger partial charge in [0.05, 0.1) is 11.4 Å². The van der Waals surface area contributed by atoms with E-state index in [1.807, 2.05) is 18.2 Å². The smallest absolute Gasteiger partial charge is 0.131 e. The Kier molecular flexibility index (Phi) is 6.89. The third kappa shape index (κ3) is 4.96. The van der Waals surface area contributed by atoms with Gasteiger partial charge in [0.15, 0.2) is 0 Å². The van der Waals surface area contributed by atoms with E-state index < -0.39 is 0 Å². The summed E-state index contributed by atoms with van der Waals surface area (Å²) in [6.45, 7) is 13.7. The molecule has 1 aliphatic rings. The van der Waals surface area contributed by atoms with Crippen LogP contribution in [0.2, 0.25) is 0 Å². The number of rotatable bonds is 3. The number of hydrogen-bond donors (Lipinski definition) is 0. The van der Waals surface area contributed by atoms with Gasteiger partial charge in [-0.3, -0.25) is 0 Å². The lowest BCUT2D eigenvalue weighted by atomic mass is 9.80. The second-order valence-corrected chi connectivity index (χ2v) is 15.3. The molecule has 0 radical (unpaired) electrons. The molecule has 224 valence electrons. The summed E-state index contributed by atoms with van der Waals surface area (Å²) >= 11 is 1.60. The van der Waals surface area contributed by atoms with Crippen LogP contribution in [-0.4, -0.2) is 0 Å². The summed E-state index contributed by atoms with van der Waals surface area (Å²) in [6.07, 6.45) is 1.66. The molecule has 2 heterocycles. The number of nitrogens with zero attached hydrogens (tertiary/aromatic N) is 3. The molecule has 0 fully saturated rings. The number of allylic oxidation sites excluding steroid dienone is 1. The third-order valence-corrected chi connectivity index (χ3v) is 10.0. The lowest BCUT2D eigenvalue weighted by molar-refractivity contribution is 0.569. The zero-order valence-corrected chi connectivity index (χ0v) is 27.9. The molecule has 0 saturated carbocycles. The number of thiophene rings is 1. The van der Waals surface area contributed by atoms with Crippen molar-refractivity contribution in [3.8, 4) is 33.7 Å². The fraction of sp³-hybridized carbons (Fsp3) is 0.190.